The quantitative estimate of drug-likeness (QED) is 0.0247. The second kappa shape index (κ2) is 45.6. The van der Waals surface area contributed by atoms with Crippen molar-refractivity contribution in [1.82, 2.24) is 5.32 Å². The lowest BCUT2D eigenvalue weighted by atomic mass is 10.0. The lowest BCUT2D eigenvalue weighted by Crippen LogP contribution is -2.46. The Bertz CT molecular complexity index is 1050. The van der Waals surface area contributed by atoms with Gasteiger partial charge in [-0.2, -0.15) is 0 Å². The zero-order valence-electron chi connectivity index (χ0n) is 38.2. The van der Waals surface area contributed by atoms with Gasteiger partial charge in [-0.3, -0.25) is 9.59 Å². The molecule has 336 valence electrons. The van der Waals surface area contributed by atoms with Crippen molar-refractivity contribution in [2.24, 2.45) is 0 Å². The third-order valence-electron chi connectivity index (χ3n) is 10.9. The number of unbranched alkanes of at least 4 members (excludes halogenated alkanes) is 23. The minimum atomic E-state index is -0.794. The Morgan fingerprint density at radius 1 is 0.534 bits per heavy atom. The van der Waals surface area contributed by atoms with Crippen LogP contribution in [0.3, 0.4) is 0 Å². The summed E-state index contributed by atoms with van der Waals surface area (Å²) in [4.78, 5) is 26.1. The van der Waals surface area contributed by atoms with Crippen LogP contribution in [0.1, 0.15) is 233 Å². The van der Waals surface area contributed by atoms with Gasteiger partial charge in [0.1, 0.15) is 6.10 Å². The van der Waals surface area contributed by atoms with Crippen molar-refractivity contribution in [2.75, 3.05) is 6.61 Å². The summed E-state index contributed by atoms with van der Waals surface area (Å²) in [5.74, 6) is -0.505. The molecule has 3 atom stereocenters. The Kier molecular flexibility index (Phi) is 43.7. The lowest BCUT2D eigenvalue weighted by Gasteiger charge is -2.24. The van der Waals surface area contributed by atoms with Gasteiger partial charge in [-0.05, 0) is 77.0 Å². The number of aliphatic hydroxyl groups is 2. The van der Waals surface area contributed by atoms with Crippen LogP contribution in [0.2, 0.25) is 0 Å². The van der Waals surface area contributed by atoms with Gasteiger partial charge in [0.25, 0.3) is 0 Å². The molecule has 0 spiro atoms. The number of nitrogens with one attached hydrogen (secondary N) is 1. The molecular formula is C52H93NO5. The fourth-order valence-electron chi connectivity index (χ4n) is 7.17. The Morgan fingerprint density at radius 3 is 1.57 bits per heavy atom. The highest BCUT2D eigenvalue weighted by molar-refractivity contribution is 5.77. The molecule has 6 nitrogen and oxygen atoms in total. The highest BCUT2D eigenvalue weighted by Gasteiger charge is 2.24. The highest BCUT2D eigenvalue weighted by Crippen LogP contribution is 2.17. The van der Waals surface area contributed by atoms with Gasteiger partial charge < -0.3 is 20.3 Å². The molecule has 0 aromatic heterocycles. The van der Waals surface area contributed by atoms with Crippen molar-refractivity contribution in [3.8, 4) is 0 Å². The number of carbonyl (C=O) groups is 2. The lowest BCUT2D eigenvalue weighted by molar-refractivity contribution is -0.151. The number of allylic oxidation sites excluding steroid dienone is 10. The molecule has 0 aliphatic heterocycles. The molecule has 58 heavy (non-hydrogen) atoms. The van der Waals surface area contributed by atoms with Gasteiger partial charge in [-0.25, -0.2) is 0 Å². The summed E-state index contributed by atoms with van der Waals surface area (Å²) in [5.41, 5.74) is 0. The van der Waals surface area contributed by atoms with Crippen molar-refractivity contribution in [3.05, 3.63) is 60.8 Å². The minimum absolute atomic E-state index is 0.0592. The van der Waals surface area contributed by atoms with E-state index in [1.165, 1.54) is 89.9 Å². The van der Waals surface area contributed by atoms with E-state index < -0.39 is 18.2 Å². The third-order valence-corrected chi connectivity index (χ3v) is 10.9. The van der Waals surface area contributed by atoms with Crippen molar-refractivity contribution >= 4 is 11.9 Å². The summed E-state index contributed by atoms with van der Waals surface area (Å²) in [5, 5.41) is 23.6. The molecule has 1 amide bonds. The predicted octanol–water partition coefficient (Wildman–Crippen LogP) is 14.5. The smallest absolute Gasteiger partial charge is 0.306 e. The Morgan fingerprint density at radius 2 is 1.00 bits per heavy atom. The standard InChI is InChI=1S/C52H93NO5/c1-4-7-10-13-16-19-21-23-24-25-26-28-30-33-36-39-42-45-52(57)58-48(43-40-37-34-32-29-27-22-20-17-14-11-8-5-2)46-51(56)53-49(47-54)50(55)44-41-38-35-31-18-15-12-9-6-3/h8,11,14,16-17,19-20,22-24,48-50,54-55H,4-7,9-10,12-13,15,18,21,25-47H2,1-3H3,(H,53,56)/b11-8+,17-14+,19-16-,22-20+,24-23-. The van der Waals surface area contributed by atoms with Crippen LogP contribution in [0, 0.1) is 0 Å². The summed E-state index contributed by atoms with van der Waals surface area (Å²) in [6.45, 7) is 6.29. The molecule has 0 radical (unpaired) electrons. The van der Waals surface area contributed by atoms with Gasteiger partial charge in [0.2, 0.25) is 5.91 Å². The summed E-state index contributed by atoms with van der Waals surface area (Å²) in [7, 11) is 0. The van der Waals surface area contributed by atoms with Crippen LogP contribution in [0.25, 0.3) is 0 Å². The summed E-state index contributed by atoms with van der Waals surface area (Å²) in [6.07, 6.45) is 55.7. The van der Waals surface area contributed by atoms with Gasteiger partial charge in [0, 0.05) is 6.42 Å². The van der Waals surface area contributed by atoms with Crippen LogP contribution in [-0.4, -0.2) is 46.9 Å². The molecule has 0 saturated carbocycles. The molecular weight excluding hydrogens is 719 g/mol. The molecule has 0 saturated heterocycles. The Balaban J connectivity index is 4.60. The first-order valence-electron chi connectivity index (χ1n) is 24.5. The fraction of sp³-hybridized carbons (Fsp3) is 0.769. The molecule has 0 bridgehead atoms. The number of rotatable bonds is 43. The molecule has 0 rings (SSSR count). The fourth-order valence-corrected chi connectivity index (χ4v) is 7.17. The molecule has 0 aliphatic rings. The van der Waals surface area contributed by atoms with Gasteiger partial charge >= 0.3 is 5.97 Å². The molecule has 3 N–H and O–H groups in total. The van der Waals surface area contributed by atoms with E-state index in [-0.39, 0.29) is 24.9 Å². The molecule has 0 heterocycles. The maximum atomic E-state index is 13.1. The molecule has 3 unspecified atom stereocenters. The topological polar surface area (TPSA) is 95.9 Å². The maximum Gasteiger partial charge on any atom is 0.306 e. The van der Waals surface area contributed by atoms with Crippen LogP contribution in [-0.2, 0) is 14.3 Å². The van der Waals surface area contributed by atoms with Crippen LogP contribution in [0.4, 0.5) is 0 Å². The van der Waals surface area contributed by atoms with E-state index in [0.717, 1.165) is 96.3 Å². The van der Waals surface area contributed by atoms with Gasteiger partial charge in [-0.1, -0.05) is 204 Å². The molecule has 0 aromatic rings. The minimum Gasteiger partial charge on any atom is -0.462 e. The summed E-state index contributed by atoms with van der Waals surface area (Å²) in [6, 6.07) is -0.709. The second-order valence-electron chi connectivity index (χ2n) is 16.5. The van der Waals surface area contributed by atoms with E-state index in [1.54, 1.807) is 0 Å². The highest BCUT2D eigenvalue weighted by atomic mass is 16.5. The van der Waals surface area contributed by atoms with Crippen molar-refractivity contribution < 1.29 is 24.5 Å². The van der Waals surface area contributed by atoms with E-state index in [1.807, 2.05) is 0 Å². The first kappa shape index (κ1) is 55.6. The van der Waals surface area contributed by atoms with E-state index in [4.69, 9.17) is 4.74 Å². The van der Waals surface area contributed by atoms with Crippen LogP contribution >= 0.6 is 0 Å². The largest absolute Gasteiger partial charge is 0.462 e. The first-order valence-corrected chi connectivity index (χ1v) is 24.5. The van der Waals surface area contributed by atoms with Crippen molar-refractivity contribution in [3.63, 3.8) is 0 Å². The molecule has 6 heteroatoms. The zero-order valence-corrected chi connectivity index (χ0v) is 38.2. The Labute approximate surface area is 358 Å². The summed E-state index contributed by atoms with van der Waals surface area (Å²) >= 11 is 0. The monoisotopic (exact) mass is 812 g/mol. The molecule has 0 aliphatic carbocycles. The molecule has 0 aromatic carbocycles. The van der Waals surface area contributed by atoms with Crippen LogP contribution < -0.4 is 5.32 Å². The number of aliphatic hydroxyl groups excluding tert-OH is 2. The zero-order chi connectivity index (χ0) is 42.4. The van der Waals surface area contributed by atoms with E-state index in [9.17, 15) is 19.8 Å². The van der Waals surface area contributed by atoms with E-state index >= 15 is 0 Å². The predicted molar refractivity (Wildman–Crippen MR) is 250 cm³/mol. The Hall–Kier alpha value is -2.44. The average Bonchev–Trinajstić information content (AvgIpc) is 3.22. The van der Waals surface area contributed by atoms with Gasteiger partial charge in [0.15, 0.2) is 0 Å². The van der Waals surface area contributed by atoms with Crippen molar-refractivity contribution in [1.29, 1.82) is 0 Å². The SMILES string of the molecule is CC/C=C/C=C/C=C/CCCCCCCC(CC(=O)NC(CO)C(O)CCCCCCCCCCC)OC(=O)CCCCCCCCC/C=C\C/C=C\CCCCC. The second-order valence-corrected chi connectivity index (χ2v) is 16.5. The third kappa shape index (κ3) is 40.3. The van der Waals surface area contributed by atoms with Crippen molar-refractivity contribution in [2.45, 2.75) is 251 Å². The van der Waals surface area contributed by atoms with E-state index in [2.05, 4.69) is 86.8 Å². The number of carbonyl (C=O) groups excluding carboxylic acids is 2. The summed E-state index contributed by atoms with van der Waals surface area (Å²) < 4.78 is 5.91. The first-order chi connectivity index (χ1) is 28.5. The van der Waals surface area contributed by atoms with Crippen LogP contribution in [0.15, 0.2) is 60.8 Å². The normalized spacial score (nSPS) is 13.8. The van der Waals surface area contributed by atoms with E-state index in [0.29, 0.717) is 19.3 Å². The van der Waals surface area contributed by atoms with Gasteiger partial charge in [-0.15, -0.1) is 0 Å². The van der Waals surface area contributed by atoms with Crippen LogP contribution in [0.5, 0.6) is 0 Å². The van der Waals surface area contributed by atoms with Gasteiger partial charge in [0.05, 0.1) is 25.2 Å². The number of hydrogen-bond donors (Lipinski definition) is 3. The number of amides is 1. The average molecular weight is 812 g/mol. The number of ether oxygens (including phenoxy) is 1. The molecule has 0 fully saturated rings. The maximum absolute atomic E-state index is 13.1. The number of esters is 1. The number of hydrogen-bond acceptors (Lipinski definition) is 5.